The van der Waals surface area contributed by atoms with Crippen molar-refractivity contribution in [3.8, 4) is 5.69 Å². The molecule has 1 aliphatic heterocycles. The third-order valence-corrected chi connectivity index (χ3v) is 6.32. The number of nitrogens with zero attached hydrogens (tertiary/aromatic N) is 3. The Morgan fingerprint density at radius 2 is 2.24 bits per heavy atom. The van der Waals surface area contributed by atoms with Crippen molar-refractivity contribution in [2.45, 2.75) is 37.6 Å². The SMILES string of the molecule is CCCN(C1CCNC1)S(=O)(=O)c1ccc(-n2cc(C)cn2)c(F)c1. The highest BCUT2D eigenvalue weighted by Gasteiger charge is 2.33. The third kappa shape index (κ3) is 3.61. The molecule has 1 fully saturated rings. The number of halogens is 1. The number of hydrogen-bond donors (Lipinski definition) is 1. The minimum absolute atomic E-state index is 0.0158. The first-order valence-electron chi connectivity index (χ1n) is 8.47. The molecule has 1 N–H and O–H groups in total. The Kier molecular flexibility index (Phi) is 5.21. The average Bonchev–Trinajstić information content (AvgIpc) is 3.24. The summed E-state index contributed by atoms with van der Waals surface area (Å²) < 4.78 is 43.5. The molecule has 0 saturated carbocycles. The molecule has 1 saturated heterocycles. The van der Waals surface area contributed by atoms with Crippen LogP contribution in [0.3, 0.4) is 0 Å². The summed E-state index contributed by atoms with van der Waals surface area (Å²) in [7, 11) is -3.74. The molecule has 0 bridgehead atoms. The predicted molar refractivity (Wildman–Crippen MR) is 93.7 cm³/mol. The molecule has 0 spiro atoms. The third-order valence-electron chi connectivity index (χ3n) is 4.37. The normalized spacial score (nSPS) is 18.2. The second kappa shape index (κ2) is 7.23. The number of rotatable bonds is 6. The predicted octanol–water partition coefficient (Wildman–Crippen LogP) is 2.08. The number of benzene rings is 1. The second-order valence-corrected chi connectivity index (χ2v) is 8.23. The Hall–Kier alpha value is -1.77. The first kappa shape index (κ1) is 18.0. The number of aryl methyl sites for hydroxylation is 1. The average molecular weight is 366 g/mol. The van der Waals surface area contributed by atoms with E-state index in [1.165, 1.54) is 21.1 Å². The molecule has 0 amide bonds. The molecule has 136 valence electrons. The lowest BCUT2D eigenvalue weighted by molar-refractivity contribution is 0.335. The zero-order chi connectivity index (χ0) is 18.0. The van der Waals surface area contributed by atoms with Crippen molar-refractivity contribution in [2.24, 2.45) is 0 Å². The Bertz CT molecular complexity index is 844. The van der Waals surface area contributed by atoms with Gasteiger partial charge in [0.2, 0.25) is 10.0 Å². The van der Waals surface area contributed by atoms with E-state index in [2.05, 4.69) is 10.4 Å². The molecule has 25 heavy (non-hydrogen) atoms. The molecular formula is C17H23FN4O2S. The molecular weight excluding hydrogens is 343 g/mol. The van der Waals surface area contributed by atoms with E-state index in [-0.39, 0.29) is 16.6 Å². The fourth-order valence-electron chi connectivity index (χ4n) is 3.12. The summed E-state index contributed by atoms with van der Waals surface area (Å²) in [5.41, 5.74) is 1.13. The maximum Gasteiger partial charge on any atom is 0.243 e. The summed E-state index contributed by atoms with van der Waals surface area (Å²) in [6.07, 6.45) is 4.80. The summed E-state index contributed by atoms with van der Waals surface area (Å²) in [5, 5.41) is 7.26. The highest BCUT2D eigenvalue weighted by atomic mass is 32.2. The summed E-state index contributed by atoms with van der Waals surface area (Å²) in [6.45, 7) is 5.65. The van der Waals surface area contributed by atoms with Gasteiger partial charge in [-0.1, -0.05) is 6.92 Å². The van der Waals surface area contributed by atoms with Crippen LogP contribution in [0.25, 0.3) is 5.69 Å². The largest absolute Gasteiger partial charge is 0.315 e. The highest BCUT2D eigenvalue weighted by molar-refractivity contribution is 7.89. The van der Waals surface area contributed by atoms with Gasteiger partial charge in [-0.25, -0.2) is 17.5 Å². The fraction of sp³-hybridized carbons (Fsp3) is 0.471. The monoisotopic (exact) mass is 366 g/mol. The van der Waals surface area contributed by atoms with Crippen LogP contribution < -0.4 is 5.32 Å². The van der Waals surface area contributed by atoms with Crippen LogP contribution in [-0.2, 0) is 10.0 Å². The molecule has 2 heterocycles. The van der Waals surface area contributed by atoms with E-state index in [0.717, 1.165) is 24.6 Å². The second-order valence-electron chi connectivity index (χ2n) is 6.34. The minimum Gasteiger partial charge on any atom is -0.315 e. The van der Waals surface area contributed by atoms with Gasteiger partial charge >= 0.3 is 0 Å². The molecule has 6 nitrogen and oxygen atoms in total. The van der Waals surface area contributed by atoms with E-state index >= 15 is 0 Å². The van der Waals surface area contributed by atoms with Gasteiger partial charge in [0.1, 0.15) is 11.5 Å². The van der Waals surface area contributed by atoms with Gasteiger partial charge in [-0.2, -0.15) is 9.40 Å². The molecule has 1 unspecified atom stereocenters. The fourth-order valence-corrected chi connectivity index (χ4v) is 4.88. The number of hydrogen-bond acceptors (Lipinski definition) is 4. The Balaban J connectivity index is 1.95. The maximum absolute atomic E-state index is 14.5. The smallest absolute Gasteiger partial charge is 0.243 e. The van der Waals surface area contributed by atoms with Gasteiger partial charge in [-0.3, -0.25) is 0 Å². The van der Waals surface area contributed by atoms with Crippen LogP contribution in [-0.4, -0.2) is 48.2 Å². The number of aromatic nitrogens is 2. The summed E-state index contributed by atoms with van der Waals surface area (Å²) in [4.78, 5) is -0.0158. The minimum atomic E-state index is -3.74. The molecule has 0 radical (unpaired) electrons. The van der Waals surface area contributed by atoms with Crippen molar-refractivity contribution in [2.75, 3.05) is 19.6 Å². The summed E-state index contributed by atoms with van der Waals surface area (Å²) in [5.74, 6) is -0.606. The quantitative estimate of drug-likeness (QED) is 0.850. The molecule has 8 heteroatoms. The van der Waals surface area contributed by atoms with Crippen molar-refractivity contribution in [3.05, 3.63) is 42.0 Å². The highest BCUT2D eigenvalue weighted by Crippen LogP contribution is 2.24. The van der Waals surface area contributed by atoms with Gasteiger partial charge in [0, 0.05) is 25.3 Å². The van der Waals surface area contributed by atoms with E-state index < -0.39 is 15.8 Å². The maximum atomic E-state index is 14.5. The first-order chi connectivity index (χ1) is 11.9. The van der Waals surface area contributed by atoms with E-state index in [0.29, 0.717) is 19.5 Å². The lowest BCUT2D eigenvalue weighted by Crippen LogP contribution is -2.42. The molecule has 1 atom stereocenters. The Morgan fingerprint density at radius 3 is 2.80 bits per heavy atom. The lowest BCUT2D eigenvalue weighted by Gasteiger charge is -2.27. The first-order valence-corrected chi connectivity index (χ1v) is 9.91. The zero-order valence-electron chi connectivity index (χ0n) is 14.4. The van der Waals surface area contributed by atoms with Crippen LogP contribution in [0.2, 0.25) is 0 Å². The van der Waals surface area contributed by atoms with E-state index in [4.69, 9.17) is 0 Å². The van der Waals surface area contributed by atoms with E-state index in [1.54, 1.807) is 12.4 Å². The van der Waals surface area contributed by atoms with Gasteiger partial charge in [0.25, 0.3) is 0 Å². The van der Waals surface area contributed by atoms with Crippen molar-refractivity contribution < 1.29 is 12.8 Å². The Labute approximate surface area is 147 Å². The van der Waals surface area contributed by atoms with Crippen molar-refractivity contribution in [1.82, 2.24) is 19.4 Å². The van der Waals surface area contributed by atoms with Gasteiger partial charge in [-0.15, -0.1) is 0 Å². The van der Waals surface area contributed by atoms with Crippen LogP contribution >= 0.6 is 0 Å². The van der Waals surface area contributed by atoms with Crippen LogP contribution in [0, 0.1) is 12.7 Å². The number of nitrogens with one attached hydrogen (secondary N) is 1. The van der Waals surface area contributed by atoms with Crippen molar-refractivity contribution >= 4 is 10.0 Å². The molecule has 0 aliphatic carbocycles. The van der Waals surface area contributed by atoms with Gasteiger partial charge in [0.05, 0.1) is 11.1 Å². The summed E-state index contributed by atoms with van der Waals surface area (Å²) >= 11 is 0. The topological polar surface area (TPSA) is 67.2 Å². The van der Waals surface area contributed by atoms with E-state index in [1.807, 2.05) is 13.8 Å². The molecule has 1 aromatic carbocycles. The molecule has 1 aromatic heterocycles. The van der Waals surface area contributed by atoms with Crippen LogP contribution in [0.4, 0.5) is 4.39 Å². The number of sulfonamides is 1. The van der Waals surface area contributed by atoms with Gasteiger partial charge < -0.3 is 5.32 Å². The summed E-state index contributed by atoms with van der Waals surface area (Å²) in [6, 6.07) is 3.93. The van der Waals surface area contributed by atoms with Crippen molar-refractivity contribution in [3.63, 3.8) is 0 Å². The van der Waals surface area contributed by atoms with Crippen LogP contribution in [0.15, 0.2) is 35.5 Å². The standard InChI is InChI=1S/C17H23FN4O2S/c1-3-8-22(14-6-7-19-11-14)25(23,24)15-4-5-17(16(18)9-15)21-12-13(2)10-20-21/h4-5,9-10,12,14,19H,3,6-8,11H2,1-2H3. The van der Waals surface area contributed by atoms with Gasteiger partial charge in [-0.05, 0) is 50.1 Å². The van der Waals surface area contributed by atoms with E-state index in [9.17, 15) is 12.8 Å². The molecule has 1 aliphatic rings. The lowest BCUT2D eigenvalue weighted by atomic mass is 10.2. The molecule has 2 aromatic rings. The Morgan fingerprint density at radius 1 is 1.44 bits per heavy atom. The van der Waals surface area contributed by atoms with Crippen LogP contribution in [0.5, 0.6) is 0 Å². The zero-order valence-corrected chi connectivity index (χ0v) is 15.3. The molecule has 3 rings (SSSR count). The van der Waals surface area contributed by atoms with Gasteiger partial charge in [0.15, 0.2) is 0 Å². The van der Waals surface area contributed by atoms with Crippen LogP contribution in [0.1, 0.15) is 25.3 Å². The van der Waals surface area contributed by atoms with Crippen molar-refractivity contribution in [1.29, 1.82) is 0 Å².